The highest BCUT2D eigenvalue weighted by molar-refractivity contribution is 6.30. The van der Waals surface area contributed by atoms with Gasteiger partial charge in [-0.25, -0.2) is 9.82 Å². The summed E-state index contributed by atoms with van der Waals surface area (Å²) >= 11 is 5.79. The Morgan fingerprint density at radius 1 is 1.10 bits per heavy atom. The largest absolute Gasteiger partial charge is 0.271 e. The van der Waals surface area contributed by atoms with Crippen molar-refractivity contribution in [2.75, 3.05) is 0 Å². The minimum Gasteiger partial charge on any atom is -0.271 e. The predicted octanol–water partition coefficient (Wildman–Crippen LogP) is 2.98. The van der Waals surface area contributed by atoms with Crippen molar-refractivity contribution in [2.45, 2.75) is 6.04 Å². The number of para-hydroxylation sites is 1. The number of hydrogen-bond donors (Lipinski definition) is 2. The fourth-order valence-electron chi connectivity index (χ4n) is 2.33. The molecule has 0 aliphatic heterocycles. The quantitative estimate of drug-likeness (QED) is 0.577. The van der Waals surface area contributed by atoms with Crippen molar-refractivity contribution in [3.8, 4) is 0 Å². The standard InChI is InChI=1S/C15H12ClFN4/c16-9-4-5-10(12(17)8-9)14(21-18)11-2-1-3-13-15(11)20-7-6-19-13/h1-8,14,21H,18H2. The summed E-state index contributed by atoms with van der Waals surface area (Å²) in [6.07, 6.45) is 3.21. The van der Waals surface area contributed by atoms with Gasteiger partial charge in [0.15, 0.2) is 0 Å². The van der Waals surface area contributed by atoms with Crippen molar-refractivity contribution in [2.24, 2.45) is 5.84 Å². The first-order valence-electron chi connectivity index (χ1n) is 6.31. The van der Waals surface area contributed by atoms with Crippen LogP contribution < -0.4 is 11.3 Å². The molecule has 0 saturated carbocycles. The van der Waals surface area contributed by atoms with Gasteiger partial charge in [0.25, 0.3) is 0 Å². The van der Waals surface area contributed by atoms with Crippen LogP contribution in [0.1, 0.15) is 17.2 Å². The van der Waals surface area contributed by atoms with E-state index in [1.165, 1.54) is 6.07 Å². The number of halogens is 2. The molecule has 3 N–H and O–H groups in total. The Kier molecular flexibility index (Phi) is 3.79. The number of fused-ring (bicyclic) bond motifs is 1. The number of nitrogens with zero attached hydrogens (tertiary/aromatic N) is 2. The molecule has 3 aromatic rings. The smallest absolute Gasteiger partial charge is 0.129 e. The van der Waals surface area contributed by atoms with Crippen molar-refractivity contribution in [3.63, 3.8) is 0 Å². The van der Waals surface area contributed by atoms with Crippen molar-refractivity contribution >= 4 is 22.6 Å². The van der Waals surface area contributed by atoms with Gasteiger partial charge in [-0.15, -0.1) is 0 Å². The Hall–Kier alpha value is -2.08. The first-order chi connectivity index (χ1) is 10.2. The molecule has 6 heteroatoms. The van der Waals surface area contributed by atoms with Crippen LogP contribution in [0, 0.1) is 5.82 Å². The molecule has 0 aliphatic carbocycles. The lowest BCUT2D eigenvalue weighted by Crippen LogP contribution is -2.29. The van der Waals surface area contributed by atoms with E-state index in [1.54, 1.807) is 24.5 Å². The van der Waals surface area contributed by atoms with Crippen LogP contribution in [0.3, 0.4) is 0 Å². The summed E-state index contributed by atoms with van der Waals surface area (Å²) in [5.74, 6) is 5.21. The molecule has 0 amide bonds. The average Bonchev–Trinajstić information content (AvgIpc) is 2.50. The lowest BCUT2D eigenvalue weighted by atomic mass is 9.97. The maximum absolute atomic E-state index is 14.2. The third-order valence-corrected chi connectivity index (χ3v) is 3.52. The molecule has 0 fully saturated rings. The van der Waals surface area contributed by atoms with E-state index in [4.69, 9.17) is 17.4 Å². The fraction of sp³-hybridized carbons (Fsp3) is 0.0667. The zero-order valence-corrected chi connectivity index (χ0v) is 11.7. The number of hydrazine groups is 1. The van der Waals surface area contributed by atoms with Gasteiger partial charge in [-0.05, 0) is 18.2 Å². The molecule has 3 rings (SSSR count). The molecule has 21 heavy (non-hydrogen) atoms. The van der Waals surface area contributed by atoms with E-state index in [-0.39, 0.29) is 0 Å². The number of hydrogen-bond acceptors (Lipinski definition) is 4. The van der Waals surface area contributed by atoms with E-state index in [9.17, 15) is 4.39 Å². The normalized spacial score (nSPS) is 12.5. The third-order valence-electron chi connectivity index (χ3n) is 3.28. The number of benzene rings is 2. The Bertz CT molecular complexity index is 788. The van der Waals surface area contributed by atoms with E-state index in [1.807, 2.05) is 18.2 Å². The van der Waals surface area contributed by atoms with E-state index >= 15 is 0 Å². The molecule has 1 unspecified atom stereocenters. The summed E-state index contributed by atoms with van der Waals surface area (Å²) < 4.78 is 14.2. The van der Waals surface area contributed by atoms with Crippen molar-refractivity contribution in [1.82, 2.24) is 15.4 Å². The maximum atomic E-state index is 14.2. The molecule has 0 bridgehead atoms. The van der Waals surface area contributed by atoms with Gasteiger partial charge in [-0.3, -0.25) is 15.8 Å². The molecule has 1 aromatic heterocycles. The van der Waals surface area contributed by atoms with E-state index in [0.29, 0.717) is 16.1 Å². The highest BCUT2D eigenvalue weighted by atomic mass is 35.5. The van der Waals surface area contributed by atoms with Crippen LogP contribution >= 0.6 is 11.6 Å². The van der Waals surface area contributed by atoms with Crippen molar-refractivity contribution < 1.29 is 4.39 Å². The van der Waals surface area contributed by atoms with Crippen LogP contribution in [0.4, 0.5) is 4.39 Å². The number of nitrogens with two attached hydrogens (primary N) is 1. The lowest BCUT2D eigenvalue weighted by Gasteiger charge is -2.18. The molecule has 2 aromatic carbocycles. The first-order valence-corrected chi connectivity index (χ1v) is 6.69. The van der Waals surface area contributed by atoms with Gasteiger partial charge in [0, 0.05) is 28.5 Å². The molecular weight excluding hydrogens is 291 g/mol. The van der Waals surface area contributed by atoms with Gasteiger partial charge in [0.05, 0.1) is 17.1 Å². The number of nitrogens with one attached hydrogen (secondary N) is 1. The Labute approximate surface area is 125 Å². The first kappa shape index (κ1) is 13.9. The lowest BCUT2D eigenvalue weighted by molar-refractivity contribution is 0.561. The monoisotopic (exact) mass is 302 g/mol. The second-order valence-electron chi connectivity index (χ2n) is 4.54. The minimum atomic E-state index is -0.539. The molecule has 0 spiro atoms. The summed E-state index contributed by atoms with van der Waals surface area (Å²) in [6, 6.07) is 9.48. The summed E-state index contributed by atoms with van der Waals surface area (Å²) in [5.41, 5.74) is 5.20. The van der Waals surface area contributed by atoms with Crippen LogP contribution in [0.15, 0.2) is 48.8 Å². The Morgan fingerprint density at radius 3 is 2.67 bits per heavy atom. The van der Waals surface area contributed by atoms with Gasteiger partial charge < -0.3 is 0 Å². The predicted molar refractivity (Wildman–Crippen MR) is 80.1 cm³/mol. The summed E-state index contributed by atoms with van der Waals surface area (Å²) in [6.45, 7) is 0. The second-order valence-corrected chi connectivity index (χ2v) is 4.97. The van der Waals surface area contributed by atoms with Crippen molar-refractivity contribution in [1.29, 1.82) is 0 Å². The molecule has 0 aliphatic rings. The Balaban J connectivity index is 2.18. The zero-order valence-electron chi connectivity index (χ0n) is 10.9. The topological polar surface area (TPSA) is 63.8 Å². The van der Waals surface area contributed by atoms with Gasteiger partial charge in [-0.2, -0.15) is 0 Å². The van der Waals surface area contributed by atoms with E-state index in [2.05, 4.69) is 15.4 Å². The SMILES string of the molecule is NNC(c1ccc(Cl)cc1F)c1cccc2nccnc12. The van der Waals surface area contributed by atoms with Crippen LogP contribution in [0.2, 0.25) is 5.02 Å². The molecule has 0 radical (unpaired) electrons. The van der Waals surface area contributed by atoms with E-state index < -0.39 is 11.9 Å². The molecular formula is C15H12ClFN4. The summed E-state index contributed by atoms with van der Waals surface area (Å²) in [4.78, 5) is 8.56. The zero-order chi connectivity index (χ0) is 14.8. The molecule has 4 nitrogen and oxygen atoms in total. The summed E-state index contributed by atoms with van der Waals surface area (Å²) in [7, 11) is 0. The highest BCUT2D eigenvalue weighted by Crippen LogP contribution is 2.29. The number of rotatable bonds is 3. The van der Waals surface area contributed by atoms with Crippen LogP contribution in [-0.2, 0) is 0 Å². The van der Waals surface area contributed by atoms with Gasteiger partial charge in [0.1, 0.15) is 5.82 Å². The summed E-state index contributed by atoms with van der Waals surface area (Å²) in [5, 5.41) is 0.338. The van der Waals surface area contributed by atoms with Crippen molar-refractivity contribution in [3.05, 3.63) is 70.8 Å². The van der Waals surface area contributed by atoms with Crippen LogP contribution in [0.5, 0.6) is 0 Å². The minimum absolute atomic E-state index is 0.338. The Morgan fingerprint density at radius 2 is 1.90 bits per heavy atom. The number of aromatic nitrogens is 2. The molecule has 106 valence electrons. The van der Waals surface area contributed by atoms with Crippen LogP contribution in [0.25, 0.3) is 11.0 Å². The van der Waals surface area contributed by atoms with E-state index in [0.717, 1.165) is 11.1 Å². The third kappa shape index (κ3) is 2.58. The maximum Gasteiger partial charge on any atom is 0.129 e. The molecule has 1 atom stereocenters. The second kappa shape index (κ2) is 5.73. The highest BCUT2D eigenvalue weighted by Gasteiger charge is 2.19. The van der Waals surface area contributed by atoms with Crippen LogP contribution in [-0.4, -0.2) is 9.97 Å². The van der Waals surface area contributed by atoms with Gasteiger partial charge >= 0.3 is 0 Å². The fourth-order valence-corrected chi connectivity index (χ4v) is 2.49. The van der Waals surface area contributed by atoms with Gasteiger partial charge in [-0.1, -0.05) is 29.8 Å². The molecule has 1 heterocycles. The average molecular weight is 303 g/mol. The molecule has 0 saturated heterocycles. The van der Waals surface area contributed by atoms with Gasteiger partial charge in [0.2, 0.25) is 0 Å².